The zero-order chi connectivity index (χ0) is 10.7. The van der Waals surface area contributed by atoms with E-state index in [2.05, 4.69) is 45.1 Å². The predicted molar refractivity (Wildman–Crippen MR) is 66.6 cm³/mol. The van der Waals surface area contributed by atoms with Gasteiger partial charge in [0.15, 0.2) is 0 Å². The molecule has 15 heavy (non-hydrogen) atoms. The summed E-state index contributed by atoms with van der Waals surface area (Å²) < 4.78 is 1.20. The molecule has 2 N–H and O–H groups in total. The average molecular weight is 269 g/mol. The third kappa shape index (κ3) is 3.03. The zero-order valence-electron chi connectivity index (χ0n) is 8.82. The van der Waals surface area contributed by atoms with Crippen LogP contribution in [0.3, 0.4) is 0 Å². The standard InChI is InChI=1S/C12H17BrN2/c13-12-6-2-1-4-10(12)8-15-7-3-5-11(14)9-15/h1-2,4,6,11H,3,5,7-9,14H2. The summed E-state index contributed by atoms with van der Waals surface area (Å²) in [5.74, 6) is 0. The fraction of sp³-hybridized carbons (Fsp3) is 0.500. The third-order valence-corrected chi connectivity index (χ3v) is 3.67. The van der Waals surface area contributed by atoms with Gasteiger partial charge in [0.05, 0.1) is 0 Å². The van der Waals surface area contributed by atoms with Crippen LogP contribution in [0.4, 0.5) is 0 Å². The highest BCUT2D eigenvalue weighted by Gasteiger charge is 2.16. The van der Waals surface area contributed by atoms with Crippen molar-refractivity contribution in [3.63, 3.8) is 0 Å². The van der Waals surface area contributed by atoms with Gasteiger partial charge >= 0.3 is 0 Å². The van der Waals surface area contributed by atoms with Gasteiger partial charge in [0.1, 0.15) is 0 Å². The van der Waals surface area contributed by atoms with E-state index in [4.69, 9.17) is 5.73 Å². The van der Waals surface area contributed by atoms with Crippen LogP contribution >= 0.6 is 15.9 Å². The highest BCUT2D eigenvalue weighted by Crippen LogP contribution is 2.19. The van der Waals surface area contributed by atoms with Crippen molar-refractivity contribution in [2.24, 2.45) is 5.73 Å². The molecule has 0 amide bonds. The van der Waals surface area contributed by atoms with Crippen LogP contribution in [-0.2, 0) is 6.54 Å². The molecule has 1 aliphatic heterocycles. The summed E-state index contributed by atoms with van der Waals surface area (Å²) in [7, 11) is 0. The largest absolute Gasteiger partial charge is 0.327 e. The van der Waals surface area contributed by atoms with Crippen molar-refractivity contribution in [2.75, 3.05) is 13.1 Å². The molecule has 1 aliphatic rings. The molecule has 3 heteroatoms. The van der Waals surface area contributed by atoms with Crippen molar-refractivity contribution >= 4 is 15.9 Å². The smallest absolute Gasteiger partial charge is 0.0245 e. The van der Waals surface area contributed by atoms with Crippen LogP contribution in [0.5, 0.6) is 0 Å². The highest BCUT2D eigenvalue weighted by atomic mass is 79.9. The molecular weight excluding hydrogens is 252 g/mol. The maximum atomic E-state index is 5.96. The van der Waals surface area contributed by atoms with Crippen LogP contribution < -0.4 is 5.73 Å². The minimum absolute atomic E-state index is 0.362. The van der Waals surface area contributed by atoms with E-state index >= 15 is 0 Å². The number of benzene rings is 1. The molecular formula is C12H17BrN2. The first-order valence-corrected chi connectivity index (χ1v) is 6.26. The molecule has 1 aromatic carbocycles. The second-order valence-electron chi connectivity index (χ2n) is 4.23. The number of hydrogen-bond acceptors (Lipinski definition) is 2. The van der Waals surface area contributed by atoms with E-state index in [0.717, 1.165) is 13.1 Å². The quantitative estimate of drug-likeness (QED) is 0.893. The first-order chi connectivity index (χ1) is 7.25. The first kappa shape index (κ1) is 11.1. The van der Waals surface area contributed by atoms with Gasteiger partial charge in [-0.25, -0.2) is 0 Å². The molecule has 1 fully saturated rings. The Hall–Kier alpha value is -0.380. The average Bonchev–Trinajstić information content (AvgIpc) is 2.22. The van der Waals surface area contributed by atoms with Gasteiger partial charge in [0.2, 0.25) is 0 Å². The molecule has 0 saturated carbocycles. The minimum atomic E-state index is 0.362. The Bertz CT molecular complexity index is 327. The molecule has 0 aromatic heterocycles. The number of nitrogens with two attached hydrogens (primary N) is 1. The van der Waals surface area contributed by atoms with Crippen molar-refractivity contribution in [1.29, 1.82) is 0 Å². The van der Waals surface area contributed by atoms with Crippen LogP contribution in [0.25, 0.3) is 0 Å². The highest BCUT2D eigenvalue weighted by molar-refractivity contribution is 9.10. The minimum Gasteiger partial charge on any atom is -0.327 e. The first-order valence-electron chi connectivity index (χ1n) is 5.47. The van der Waals surface area contributed by atoms with Gasteiger partial charge in [0, 0.05) is 23.6 Å². The molecule has 1 saturated heterocycles. The van der Waals surface area contributed by atoms with Gasteiger partial charge in [-0.3, -0.25) is 4.90 Å². The summed E-state index contributed by atoms with van der Waals surface area (Å²) >= 11 is 3.58. The number of nitrogens with zero attached hydrogens (tertiary/aromatic N) is 1. The number of halogens is 1. The lowest BCUT2D eigenvalue weighted by atomic mass is 10.1. The second-order valence-corrected chi connectivity index (χ2v) is 5.08. The molecule has 0 radical (unpaired) electrons. The maximum absolute atomic E-state index is 5.96. The Labute approximate surface area is 99.6 Å². The molecule has 1 aromatic rings. The number of hydrogen-bond donors (Lipinski definition) is 1. The van der Waals surface area contributed by atoms with E-state index in [1.54, 1.807) is 0 Å². The SMILES string of the molecule is NC1CCCN(Cc2ccccc2Br)C1. The summed E-state index contributed by atoms with van der Waals surface area (Å²) in [5.41, 5.74) is 7.32. The number of likely N-dealkylation sites (tertiary alicyclic amines) is 1. The number of rotatable bonds is 2. The second kappa shape index (κ2) is 5.10. The molecule has 1 atom stereocenters. The lowest BCUT2D eigenvalue weighted by Crippen LogP contribution is -2.42. The van der Waals surface area contributed by atoms with Crippen molar-refractivity contribution in [3.8, 4) is 0 Å². The molecule has 2 nitrogen and oxygen atoms in total. The number of piperidine rings is 1. The van der Waals surface area contributed by atoms with Crippen molar-refractivity contribution in [3.05, 3.63) is 34.3 Å². The summed E-state index contributed by atoms with van der Waals surface area (Å²) in [5, 5.41) is 0. The molecule has 0 bridgehead atoms. The summed E-state index contributed by atoms with van der Waals surface area (Å²) in [6.45, 7) is 3.21. The van der Waals surface area contributed by atoms with E-state index < -0.39 is 0 Å². The Balaban J connectivity index is 1.99. The topological polar surface area (TPSA) is 29.3 Å². The third-order valence-electron chi connectivity index (χ3n) is 2.89. The van der Waals surface area contributed by atoms with E-state index in [0.29, 0.717) is 6.04 Å². The Morgan fingerprint density at radius 3 is 2.93 bits per heavy atom. The molecule has 2 rings (SSSR count). The Morgan fingerprint density at radius 1 is 1.40 bits per heavy atom. The van der Waals surface area contributed by atoms with Crippen LogP contribution in [0.15, 0.2) is 28.7 Å². The van der Waals surface area contributed by atoms with Crippen LogP contribution in [-0.4, -0.2) is 24.0 Å². The van der Waals surface area contributed by atoms with Crippen LogP contribution in [0.2, 0.25) is 0 Å². The van der Waals surface area contributed by atoms with Crippen molar-refractivity contribution < 1.29 is 0 Å². The van der Waals surface area contributed by atoms with E-state index in [-0.39, 0.29) is 0 Å². The van der Waals surface area contributed by atoms with Crippen molar-refractivity contribution in [2.45, 2.75) is 25.4 Å². The van der Waals surface area contributed by atoms with Gasteiger partial charge in [-0.1, -0.05) is 34.1 Å². The molecule has 1 unspecified atom stereocenters. The van der Waals surface area contributed by atoms with Gasteiger partial charge < -0.3 is 5.73 Å². The van der Waals surface area contributed by atoms with Crippen LogP contribution in [0, 0.1) is 0 Å². The molecule has 82 valence electrons. The van der Waals surface area contributed by atoms with E-state index in [1.807, 2.05) is 0 Å². The fourth-order valence-electron chi connectivity index (χ4n) is 2.10. The lowest BCUT2D eigenvalue weighted by Gasteiger charge is -2.30. The fourth-order valence-corrected chi connectivity index (χ4v) is 2.51. The lowest BCUT2D eigenvalue weighted by molar-refractivity contribution is 0.201. The summed E-state index contributed by atoms with van der Waals surface area (Å²) in [4.78, 5) is 2.44. The van der Waals surface area contributed by atoms with Crippen molar-refractivity contribution in [1.82, 2.24) is 4.90 Å². The Morgan fingerprint density at radius 2 is 2.20 bits per heavy atom. The summed E-state index contributed by atoms with van der Waals surface area (Å²) in [6, 6.07) is 8.77. The normalized spacial score (nSPS) is 22.9. The van der Waals surface area contributed by atoms with Gasteiger partial charge in [-0.15, -0.1) is 0 Å². The molecule has 1 heterocycles. The van der Waals surface area contributed by atoms with Gasteiger partial charge in [-0.05, 0) is 31.0 Å². The Kier molecular flexibility index (Phi) is 3.78. The predicted octanol–water partition coefficient (Wildman–Crippen LogP) is 2.37. The van der Waals surface area contributed by atoms with E-state index in [1.165, 1.54) is 29.4 Å². The maximum Gasteiger partial charge on any atom is 0.0245 e. The van der Waals surface area contributed by atoms with E-state index in [9.17, 15) is 0 Å². The molecule has 0 aliphatic carbocycles. The molecule has 0 spiro atoms. The monoisotopic (exact) mass is 268 g/mol. The van der Waals surface area contributed by atoms with Gasteiger partial charge in [-0.2, -0.15) is 0 Å². The zero-order valence-corrected chi connectivity index (χ0v) is 10.4. The van der Waals surface area contributed by atoms with Crippen LogP contribution in [0.1, 0.15) is 18.4 Å². The summed E-state index contributed by atoms with van der Waals surface area (Å²) in [6.07, 6.45) is 2.40. The van der Waals surface area contributed by atoms with Gasteiger partial charge in [0.25, 0.3) is 0 Å².